The Balaban J connectivity index is 0.00000441. The maximum absolute atomic E-state index is 11.1. The van der Waals surface area contributed by atoms with Gasteiger partial charge in [-0.15, -0.1) is 12.4 Å². The Morgan fingerprint density at radius 2 is 1.73 bits per heavy atom. The molecule has 0 saturated carbocycles. The molecule has 6 nitrogen and oxygen atoms in total. The minimum absolute atomic E-state index is 0. The minimum Gasteiger partial charge on any atom is -0.491 e. The molecule has 0 fully saturated rings. The highest BCUT2D eigenvalue weighted by Crippen LogP contribution is 2.13. The zero-order valence-electron chi connectivity index (χ0n) is 12.6. The summed E-state index contributed by atoms with van der Waals surface area (Å²) in [7, 11) is 0. The first-order valence-electron chi connectivity index (χ1n) is 6.92. The van der Waals surface area contributed by atoms with Gasteiger partial charge in [-0.2, -0.15) is 0 Å². The summed E-state index contributed by atoms with van der Waals surface area (Å²) in [5.41, 5.74) is 0.611. The molecule has 0 aliphatic rings. The zero-order valence-corrected chi connectivity index (χ0v) is 13.5. The van der Waals surface area contributed by atoms with Gasteiger partial charge in [-0.05, 0) is 31.2 Å². The molecular weight excluding hydrogens is 310 g/mol. The summed E-state index contributed by atoms with van der Waals surface area (Å²) in [4.78, 5) is 12.9. The molecule has 22 heavy (non-hydrogen) atoms. The lowest BCUT2D eigenvalue weighted by molar-refractivity contribution is 0.0552. The number of nitrogens with zero attached hydrogens (tertiary/aromatic N) is 1. The van der Waals surface area contributed by atoms with E-state index in [1.807, 2.05) is 0 Å². The summed E-state index contributed by atoms with van der Waals surface area (Å²) in [6.07, 6.45) is -0.726. The largest absolute Gasteiger partial charge is 0.491 e. The van der Waals surface area contributed by atoms with Crippen molar-refractivity contribution >= 4 is 18.2 Å². The number of carbonyl (C=O) groups excluding carboxylic acids is 1. The van der Waals surface area contributed by atoms with E-state index >= 15 is 0 Å². The first-order valence-corrected chi connectivity index (χ1v) is 6.92. The topological polar surface area (TPSA) is 90.2 Å². The summed E-state index contributed by atoms with van der Waals surface area (Å²) < 4.78 is 5.45. The molecule has 0 radical (unpaired) electrons. The Morgan fingerprint density at radius 1 is 1.18 bits per heavy atom. The molecule has 1 rings (SSSR count). The van der Waals surface area contributed by atoms with Crippen molar-refractivity contribution in [2.45, 2.75) is 13.0 Å². The van der Waals surface area contributed by atoms with Crippen molar-refractivity contribution in [2.24, 2.45) is 0 Å². The van der Waals surface area contributed by atoms with Crippen LogP contribution < -0.4 is 4.74 Å². The highest BCUT2D eigenvalue weighted by atomic mass is 35.5. The molecule has 7 heteroatoms. The summed E-state index contributed by atoms with van der Waals surface area (Å²) >= 11 is 0. The van der Waals surface area contributed by atoms with E-state index in [9.17, 15) is 9.90 Å². The molecule has 0 spiro atoms. The predicted octanol–water partition coefficient (Wildman–Crippen LogP) is 0.337. The number of carbonyl (C=O) groups is 1. The lowest BCUT2D eigenvalue weighted by atomic mass is 10.1. The normalized spacial score (nSPS) is 11.9. The van der Waals surface area contributed by atoms with Crippen LogP contribution in [0.1, 0.15) is 17.3 Å². The van der Waals surface area contributed by atoms with Crippen LogP contribution in [0.25, 0.3) is 0 Å². The van der Waals surface area contributed by atoms with Gasteiger partial charge in [0.25, 0.3) is 0 Å². The standard InChI is InChI=1S/C15H23NO5.ClH/c1-12(19)13-2-4-15(5-3-13)21-11-14(20)10-16(6-8-17)7-9-18;/h2-5,14,17-18,20H,6-11H2,1H3;1H. The van der Waals surface area contributed by atoms with E-state index in [-0.39, 0.29) is 38.0 Å². The molecule has 1 atom stereocenters. The first-order chi connectivity index (χ1) is 10.1. The van der Waals surface area contributed by atoms with E-state index in [1.165, 1.54) is 6.92 Å². The lowest BCUT2D eigenvalue weighted by Gasteiger charge is -2.23. The second-order valence-electron chi connectivity index (χ2n) is 4.79. The molecular formula is C15H24ClNO5. The van der Waals surface area contributed by atoms with E-state index in [4.69, 9.17) is 14.9 Å². The van der Waals surface area contributed by atoms with Crippen LogP contribution >= 0.6 is 12.4 Å². The van der Waals surface area contributed by atoms with Gasteiger partial charge in [-0.3, -0.25) is 9.69 Å². The van der Waals surface area contributed by atoms with Gasteiger partial charge in [0.05, 0.1) is 13.2 Å². The fourth-order valence-electron chi connectivity index (χ4n) is 1.91. The van der Waals surface area contributed by atoms with E-state index in [0.29, 0.717) is 30.9 Å². The van der Waals surface area contributed by atoms with Crippen molar-refractivity contribution in [3.63, 3.8) is 0 Å². The third-order valence-corrected chi connectivity index (χ3v) is 3.00. The van der Waals surface area contributed by atoms with Crippen LogP contribution in [0.2, 0.25) is 0 Å². The number of aliphatic hydroxyl groups is 3. The van der Waals surface area contributed by atoms with Gasteiger partial charge in [-0.1, -0.05) is 0 Å². The average molecular weight is 334 g/mol. The molecule has 0 aliphatic carbocycles. The van der Waals surface area contributed by atoms with Gasteiger partial charge in [0.2, 0.25) is 0 Å². The van der Waals surface area contributed by atoms with Gasteiger partial charge >= 0.3 is 0 Å². The van der Waals surface area contributed by atoms with Crippen LogP contribution in [0.5, 0.6) is 5.75 Å². The third kappa shape index (κ3) is 7.72. The summed E-state index contributed by atoms with van der Waals surface area (Å²) in [5.74, 6) is 0.570. The molecule has 1 aromatic rings. The second kappa shape index (κ2) is 11.4. The number of rotatable bonds is 10. The van der Waals surface area contributed by atoms with Crippen LogP contribution in [0.15, 0.2) is 24.3 Å². The fraction of sp³-hybridized carbons (Fsp3) is 0.533. The predicted molar refractivity (Wildman–Crippen MR) is 85.8 cm³/mol. The number of benzene rings is 1. The van der Waals surface area contributed by atoms with Crippen molar-refractivity contribution in [1.29, 1.82) is 0 Å². The monoisotopic (exact) mass is 333 g/mol. The fourth-order valence-corrected chi connectivity index (χ4v) is 1.91. The van der Waals surface area contributed by atoms with E-state index < -0.39 is 6.10 Å². The number of aliphatic hydroxyl groups excluding tert-OH is 3. The molecule has 1 aromatic carbocycles. The van der Waals surface area contributed by atoms with Crippen molar-refractivity contribution in [2.75, 3.05) is 39.5 Å². The molecule has 1 unspecified atom stereocenters. The van der Waals surface area contributed by atoms with Crippen molar-refractivity contribution in [3.8, 4) is 5.75 Å². The lowest BCUT2D eigenvalue weighted by Crippen LogP contribution is -2.38. The van der Waals surface area contributed by atoms with Gasteiger partial charge in [0.15, 0.2) is 5.78 Å². The molecule has 0 aromatic heterocycles. The summed E-state index contributed by atoms with van der Waals surface area (Å²) in [6, 6.07) is 6.72. The van der Waals surface area contributed by atoms with E-state index in [2.05, 4.69) is 0 Å². The Bertz CT molecular complexity index is 420. The molecule has 0 saturated heterocycles. The molecule has 0 amide bonds. The Hall–Kier alpha value is -1.18. The molecule has 0 bridgehead atoms. The maximum atomic E-state index is 11.1. The van der Waals surface area contributed by atoms with Crippen LogP contribution in [-0.4, -0.2) is 71.6 Å². The number of hydrogen-bond acceptors (Lipinski definition) is 6. The SMILES string of the molecule is CC(=O)c1ccc(OCC(O)CN(CCO)CCO)cc1.Cl. The van der Waals surface area contributed by atoms with E-state index in [1.54, 1.807) is 29.2 Å². The smallest absolute Gasteiger partial charge is 0.159 e. The highest BCUT2D eigenvalue weighted by Gasteiger charge is 2.12. The van der Waals surface area contributed by atoms with E-state index in [0.717, 1.165) is 0 Å². The van der Waals surface area contributed by atoms with Gasteiger partial charge < -0.3 is 20.1 Å². The maximum Gasteiger partial charge on any atom is 0.159 e. The Kier molecular flexibility index (Phi) is 10.8. The van der Waals surface area contributed by atoms with Crippen LogP contribution in [-0.2, 0) is 0 Å². The molecule has 0 aliphatic heterocycles. The van der Waals surface area contributed by atoms with Crippen LogP contribution in [0.3, 0.4) is 0 Å². The van der Waals surface area contributed by atoms with Crippen molar-refractivity contribution < 1.29 is 24.9 Å². The van der Waals surface area contributed by atoms with Crippen LogP contribution in [0, 0.1) is 0 Å². The van der Waals surface area contributed by atoms with Gasteiger partial charge in [0, 0.05) is 25.2 Å². The Labute approximate surface area is 136 Å². The summed E-state index contributed by atoms with van der Waals surface area (Å²) in [5, 5.41) is 27.7. The molecule has 126 valence electrons. The molecule has 0 heterocycles. The minimum atomic E-state index is -0.726. The third-order valence-electron chi connectivity index (χ3n) is 3.00. The van der Waals surface area contributed by atoms with Crippen molar-refractivity contribution in [3.05, 3.63) is 29.8 Å². The van der Waals surface area contributed by atoms with Gasteiger partial charge in [0.1, 0.15) is 18.5 Å². The first kappa shape index (κ1) is 20.8. The zero-order chi connectivity index (χ0) is 15.7. The number of Topliss-reactive ketones (excluding diaryl/α,β-unsaturated/α-hetero) is 1. The van der Waals surface area contributed by atoms with Crippen molar-refractivity contribution in [1.82, 2.24) is 4.90 Å². The molecule has 3 N–H and O–H groups in total. The summed E-state index contributed by atoms with van der Waals surface area (Å²) in [6.45, 7) is 2.64. The number of ether oxygens (including phenoxy) is 1. The van der Waals surface area contributed by atoms with Crippen LogP contribution in [0.4, 0.5) is 0 Å². The van der Waals surface area contributed by atoms with Gasteiger partial charge in [-0.25, -0.2) is 0 Å². The average Bonchev–Trinajstić information content (AvgIpc) is 2.46. The number of halogens is 1. The second-order valence-corrected chi connectivity index (χ2v) is 4.79. The quantitative estimate of drug-likeness (QED) is 0.535. The number of ketones is 1. The highest BCUT2D eigenvalue weighted by molar-refractivity contribution is 5.94. The Morgan fingerprint density at radius 3 is 2.18 bits per heavy atom. The number of hydrogen-bond donors (Lipinski definition) is 3.